The van der Waals surface area contributed by atoms with Gasteiger partial charge in [0, 0.05) is 11.1 Å². The summed E-state index contributed by atoms with van der Waals surface area (Å²) in [5.74, 6) is -2.00. The Hall–Kier alpha value is -1.77. The lowest BCUT2D eigenvalue weighted by Crippen LogP contribution is -2.23. The molecule has 1 aromatic rings. The summed E-state index contributed by atoms with van der Waals surface area (Å²) >= 11 is 0. The van der Waals surface area contributed by atoms with Crippen molar-refractivity contribution in [2.45, 2.75) is 32.6 Å². The summed E-state index contributed by atoms with van der Waals surface area (Å²) in [6.07, 6.45) is 4.00. The van der Waals surface area contributed by atoms with Crippen LogP contribution >= 0.6 is 0 Å². The van der Waals surface area contributed by atoms with Crippen LogP contribution in [0.2, 0.25) is 0 Å². The quantitative estimate of drug-likeness (QED) is 0.709. The summed E-state index contributed by atoms with van der Waals surface area (Å²) in [5.41, 5.74) is 3.18. The third-order valence-corrected chi connectivity index (χ3v) is 3.98. The topological polar surface area (TPSA) is 51.2 Å². The van der Waals surface area contributed by atoms with Crippen molar-refractivity contribution in [3.63, 3.8) is 0 Å². The molecule has 0 aromatic heterocycles. The van der Waals surface area contributed by atoms with Gasteiger partial charge < -0.3 is 0 Å². The molecule has 1 aromatic carbocycles. The molecule has 3 nitrogen and oxygen atoms in total. The first-order valence-corrected chi connectivity index (χ1v) is 6.35. The van der Waals surface area contributed by atoms with E-state index < -0.39 is 5.92 Å². The number of carbonyl (C=O) groups is 3. The zero-order valence-electron chi connectivity index (χ0n) is 10.3. The van der Waals surface area contributed by atoms with Crippen LogP contribution in [-0.2, 0) is 17.6 Å². The molecule has 3 heteroatoms. The lowest BCUT2D eigenvalue weighted by atomic mass is 9.86. The molecule has 92 valence electrons. The lowest BCUT2D eigenvalue weighted by molar-refractivity contribution is -0.118. The van der Waals surface area contributed by atoms with Crippen molar-refractivity contribution in [1.82, 2.24) is 0 Å². The zero-order valence-corrected chi connectivity index (χ0v) is 10.3. The number of rotatable bonds is 1. The second-order valence-electron chi connectivity index (χ2n) is 5.11. The molecule has 2 aliphatic carbocycles. The number of fused-ring (bicyclic) bond motifs is 3. The van der Waals surface area contributed by atoms with E-state index in [4.69, 9.17) is 0 Å². The van der Waals surface area contributed by atoms with Gasteiger partial charge >= 0.3 is 0 Å². The first kappa shape index (κ1) is 11.3. The summed E-state index contributed by atoms with van der Waals surface area (Å²) in [6.45, 7) is 1.32. The van der Waals surface area contributed by atoms with Crippen molar-refractivity contribution < 1.29 is 14.4 Å². The Morgan fingerprint density at radius 1 is 1.11 bits per heavy atom. The van der Waals surface area contributed by atoms with E-state index in [1.165, 1.54) is 12.5 Å². The number of hydrogen-bond acceptors (Lipinski definition) is 3. The molecule has 1 unspecified atom stereocenters. The average molecular weight is 242 g/mol. The van der Waals surface area contributed by atoms with Gasteiger partial charge in [-0.2, -0.15) is 0 Å². The smallest absolute Gasteiger partial charge is 0.182 e. The van der Waals surface area contributed by atoms with E-state index in [0.29, 0.717) is 11.1 Å². The molecule has 0 N–H and O–H groups in total. The summed E-state index contributed by atoms with van der Waals surface area (Å²) in [5, 5.41) is 0. The number of Topliss-reactive ketones (excluding diaryl/α,β-unsaturated/α-hetero) is 3. The van der Waals surface area contributed by atoms with Crippen molar-refractivity contribution in [1.29, 1.82) is 0 Å². The maximum atomic E-state index is 12.3. The monoisotopic (exact) mass is 242 g/mol. The fourth-order valence-corrected chi connectivity index (χ4v) is 3.10. The molecule has 0 saturated carbocycles. The largest absolute Gasteiger partial charge is 0.299 e. The van der Waals surface area contributed by atoms with E-state index in [9.17, 15) is 14.4 Å². The van der Waals surface area contributed by atoms with Gasteiger partial charge in [-0.25, -0.2) is 0 Å². The minimum absolute atomic E-state index is 0.277. The first-order chi connectivity index (χ1) is 8.61. The third-order valence-electron chi connectivity index (χ3n) is 3.98. The van der Waals surface area contributed by atoms with Gasteiger partial charge in [0.05, 0.1) is 0 Å². The molecule has 2 aliphatic rings. The second kappa shape index (κ2) is 3.87. The fraction of sp³-hybridized carbons (Fsp3) is 0.400. The van der Waals surface area contributed by atoms with Gasteiger partial charge in [0.15, 0.2) is 11.6 Å². The lowest BCUT2D eigenvalue weighted by Gasteiger charge is -2.18. The Kier molecular flexibility index (Phi) is 2.44. The predicted molar refractivity (Wildman–Crippen MR) is 65.9 cm³/mol. The molecule has 1 atom stereocenters. The van der Waals surface area contributed by atoms with E-state index in [1.807, 2.05) is 6.07 Å². The Balaban J connectivity index is 2.21. The van der Waals surface area contributed by atoms with Crippen molar-refractivity contribution in [2.24, 2.45) is 5.92 Å². The summed E-state index contributed by atoms with van der Waals surface area (Å²) < 4.78 is 0. The van der Waals surface area contributed by atoms with Crippen molar-refractivity contribution in [2.75, 3.05) is 0 Å². The van der Waals surface area contributed by atoms with Gasteiger partial charge in [0.25, 0.3) is 0 Å². The van der Waals surface area contributed by atoms with Crippen molar-refractivity contribution in [3.05, 3.63) is 34.4 Å². The van der Waals surface area contributed by atoms with Gasteiger partial charge in [0.2, 0.25) is 0 Å². The first-order valence-electron chi connectivity index (χ1n) is 6.35. The van der Waals surface area contributed by atoms with Crippen LogP contribution in [0, 0.1) is 5.92 Å². The molecule has 0 spiro atoms. The highest BCUT2D eigenvalue weighted by atomic mass is 16.2. The minimum atomic E-state index is -1.08. The van der Waals surface area contributed by atoms with Crippen LogP contribution in [0.1, 0.15) is 51.6 Å². The molecule has 0 heterocycles. The highest BCUT2D eigenvalue weighted by Crippen LogP contribution is 2.35. The molecular formula is C15H14O3. The van der Waals surface area contributed by atoms with Gasteiger partial charge in [-0.15, -0.1) is 0 Å². The molecule has 0 bridgehead atoms. The standard InChI is InChI=1S/C15H14O3/c1-8(16)12-14(17)11-7-6-9-4-2-3-5-10(9)13(11)15(12)18/h6-7,12H,2-5H2,1H3. The Labute approximate surface area is 105 Å². The molecule has 0 aliphatic heterocycles. The molecule has 0 saturated heterocycles. The summed E-state index contributed by atoms with van der Waals surface area (Å²) in [4.78, 5) is 35.8. The van der Waals surface area contributed by atoms with E-state index in [2.05, 4.69) is 0 Å². The molecule has 0 fully saturated rings. The normalized spacial score (nSPS) is 21.7. The SMILES string of the molecule is CC(=O)C1C(=O)c2ccc3c(c2C1=O)CCCC3. The van der Waals surface area contributed by atoms with Crippen LogP contribution < -0.4 is 0 Å². The fourth-order valence-electron chi connectivity index (χ4n) is 3.10. The minimum Gasteiger partial charge on any atom is -0.299 e. The summed E-state index contributed by atoms with van der Waals surface area (Å²) in [7, 11) is 0. The number of hydrogen-bond donors (Lipinski definition) is 0. The second-order valence-corrected chi connectivity index (χ2v) is 5.11. The maximum absolute atomic E-state index is 12.3. The maximum Gasteiger partial charge on any atom is 0.182 e. The van der Waals surface area contributed by atoms with Gasteiger partial charge in [-0.05, 0) is 43.7 Å². The Morgan fingerprint density at radius 3 is 2.56 bits per heavy atom. The molecule has 18 heavy (non-hydrogen) atoms. The third kappa shape index (κ3) is 1.40. The summed E-state index contributed by atoms with van der Waals surface area (Å²) in [6, 6.07) is 3.67. The van der Waals surface area contributed by atoms with Crippen LogP contribution in [0.15, 0.2) is 12.1 Å². The van der Waals surface area contributed by atoms with Crippen LogP contribution in [0.25, 0.3) is 0 Å². The highest BCUT2D eigenvalue weighted by molar-refractivity contribution is 6.35. The van der Waals surface area contributed by atoms with Crippen LogP contribution in [-0.4, -0.2) is 17.3 Å². The molecule has 0 radical (unpaired) electrons. The van der Waals surface area contributed by atoms with E-state index >= 15 is 0 Å². The average Bonchev–Trinajstić information content (AvgIpc) is 2.62. The number of aryl methyl sites for hydroxylation is 1. The van der Waals surface area contributed by atoms with Crippen LogP contribution in [0.5, 0.6) is 0 Å². The zero-order chi connectivity index (χ0) is 12.9. The van der Waals surface area contributed by atoms with Crippen molar-refractivity contribution >= 4 is 17.3 Å². The highest BCUT2D eigenvalue weighted by Gasteiger charge is 2.43. The number of benzene rings is 1. The Morgan fingerprint density at radius 2 is 1.83 bits per heavy atom. The van der Waals surface area contributed by atoms with Gasteiger partial charge in [0.1, 0.15) is 11.7 Å². The van der Waals surface area contributed by atoms with Gasteiger partial charge in [-0.3, -0.25) is 14.4 Å². The number of carbonyl (C=O) groups excluding carboxylic acids is 3. The molecule has 0 amide bonds. The Bertz CT molecular complexity index is 584. The van der Waals surface area contributed by atoms with E-state index in [0.717, 1.165) is 31.2 Å². The van der Waals surface area contributed by atoms with E-state index in [1.54, 1.807) is 6.07 Å². The molecule has 3 rings (SSSR count). The van der Waals surface area contributed by atoms with E-state index in [-0.39, 0.29) is 17.3 Å². The van der Waals surface area contributed by atoms with Crippen molar-refractivity contribution in [3.8, 4) is 0 Å². The number of ketones is 3. The molecular weight excluding hydrogens is 228 g/mol. The van der Waals surface area contributed by atoms with Crippen LogP contribution in [0.4, 0.5) is 0 Å². The predicted octanol–water partition coefficient (Wildman–Crippen LogP) is 2.15. The van der Waals surface area contributed by atoms with Gasteiger partial charge in [-0.1, -0.05) is 12.1 Å². The van der Waals surface area contributed by atoms with Crippen LogP contribution in [0.3, 0.4) is 0 Å².